The molecule has 2 fully saturated rings. The van der Waals surface area contributed by atoms with Crippen molar-refractivity contribution < 1.29 is 33.0 Å². The molecule has 0 spiro atoms. The third-order valence-electron chi connectivity index (χ3n) is 10.1. The Morgan fingerprint density at radius 1 is 0.836 bits per heavy atom. The zero-order chi connectivity index (χ0) is 39.4. The van der Waals surface area contributed by atoms with Crippen LogP contribution in [0.3, 0.4) is 0 Å². The van der Waals surface area contributed by atoms with E-state index in [1.54, 1.807) is 24.9 Å². The molecule has 4 N–H and O–H groups in total. The molecule has 4 heterocycles. The highest BCUT2D eigenvalue weighted by molar-refractivity contribution is 5.87. The first kappa shape index (κ1) is 38.8. The molecule has 5 atom stereocenters. The fourth-order valence-corrected chi connectivity index (χ4v) is 7.15. The number of nitrogens with one attached hydrogen (secondary N) is 4. The summed E-state index contributed by atoms with van der Waals surface area (Å²) in [5.74, 6) is 6.67. The van der Waals surface area contributed by atoms with Crippen LogP contribution in [0.1, 0.15) is 81.8 Å². The van der Waals surface area contributed by atoms with E-state index in [2.05, 4.69) is 37.4 Å². The SMILES string of the molecule is COC(=O)N[C@H](C(=O)N1C[C@H](F)C[C@H]1c1ncc(-c2ccc(C#Cc3ccc4nc([C@@H]5CCCN5C(=O)[C@@H](NC(=O)OC)C(C)C)[nH]c4c3)cc2)[nH]1)C(C)C. The predicted octanol–water partition coefficient (Wildman–Crippen LogP) is 5.39. The van der Waals surface area contributed by atoms with Crippen molar-refractivity contribution in [3.05, 3.63) is 71.4 Å². The van der Waals surface area contributed by atoms with Gasteiger partial charge in [-0.05, 0) is 60.6 Å². The molecule has 290 valence electrons. The number of imidazole rings is 2. The molecule has 2 aliphatic rings. The number of carbonyl (C=O) groups excluding carboxylic acids is 4. The highest BCUT2D eigenvalue weighted by Crippen LogP contribution is 2.35. The number of likely N-dealkylation sites (tertiary alicyclic amines) is 2. The topological polar surface area (TPSA) is 175 Å². The van der Waals surface area contributed by atoms with Gasteiger partial charge in [0.15, 0.2) is 0 Å². The zero-order valence-electron chi connectivity index (χ0n) is 31.8. The number of nitrogens with zero attached hydrogens (tertiary/aromatic N) is 4. The molecule has 0 saturated carbocycles. The standard InChI is InChI=1S/C40H47FN8O6/c1-22(2)33(46-39(52)54-5)37(50)48-17-7-8-31(48)36-43-28-16-13-25(18-29(28)44-36)10-9-24-11-14-26(15-12-24)30-20-42-35(45-30)32-19-27(41)21-49(32)38(51)34(23(3)4)47-40(53)55-6/h11-16,18,20,22-23,27,31-34H,7-8,17,19,21H2,1-6H3,(H,42,45)(H,43,44)(H,46,52)(H,47,53)/t27-,31+,32+,33+,34+/m1/s1. The van der Waals surface area contributed by atoms with Gasteiger partial charge in [0.1, 0.15) is 29.9 Å². The van der Waals surface area contributed by atoms with Crippen LogP contribution in [0.4, 0.5) is 14.0 Å². The van der Waals surface area contributed by atoms with Crippen LogP contribution in [-0.2, 0) is 19.1 Å². The van der Waals surface area contributed by atoms with Gasteiger partial charge in [-0.3, -0.25) is 9.59 Å². The molecule has 55 heavy (non-hydrogen) atoms. The minimum atomic E-state index is -1.23. The molecular formula is C40H47FN8O6. The van der Waals surface area contributed by atoms with Crippen LogP contribution in [0, 0.1) is 23.7 Å². The first-order chi connectivity index (χ1) is 26.4. The van der Waals surface area contributed by atoms with E-state index in [1.165, 1.54) is 19.1 Å². The quantitative estimate of drug-likeness (QED) is 0.165. The maximum Gasteiger partial charge on any atom is 0.407 e. The Balaban J connectivity index is 1.13. The molecule has 0 unspecified atom stereocenters. The minimum absolute atomic E-state index is 0.0928. The van der Waals surface area contributed by atoms with E-state index >= 15 is 0 Å². The van der Waals surface area contributed by atoms with E-state index in [1.807, 2.05) is 56.3 Å². The number of ether oxygens (including phenoxy) is 2. The Morgan fingerprint density at radius 3 is 2.09 bits per heavy atom. The number of hydrogen-bond donors (Lipinski definition) is 4. The number of halogens is 1. The molecule has 0 bridgehead atoms. The van der Waals surface area contributed by atoms with Crippen molar-refractivity contribution >= 4 is 35.0 Å². The van der Waals surface area contributed by atoms with Crippen molar-refractivity contribution in [1.82, 2.24) is 40.4 Å². The number of fused-ring (bicyclic) bond motifs is 1. The largest absolute Gasteiger partial charge is 0.453 e. The number of amides is 4. The summed E-state index contributed by atoms with van der Waals surface area (Å²) in [5.41, 5.74) is 4.70. The number of rotatable bonds is 9. The molecule has 0 aliphatic carbocycles. The molecule has 2 aliphatic heterocycles. The summed E-state index contributed by atoms with van der Waals surface area (Å²) in [6.45, 7) is 7.85. The van der Waals surface area contributed by atoms with Crippen LogP contribution in [0.2, 0.25) is 0 Å². The van der Waals surface area contributed by atoms with Crippen LogP contribution in [0.15, 0.2) is 48.7 Å². The van der Waals surface area contributed by atoms with E-state index in [0.717, 1.165) is 40.6 Å². The summed E-state index contributed by atoms with van der Waals surface area (Å²) in [6, 6.07) is 10.9. The fraction of sp³-hybridized carbons (Fsp3) is 0.450. The van der Waals surface area contributed by atoms with Crippen molar-refractivity contribution in [2.75, 3.05) is 27.3 Å². The van der Waals surface area contributed by atoms with E-state index < -0.39 is 42.4 Å². The fourth-order valence-electron chi connectivity index (χ4n) is 7.15. The number of alkyl carbamates (subject to hydrolysis) is 2. The third-order valence-corrected chi connectivity index (χ3v) is 10.1. The molecule has 4 amide bonds. The second-order valence-electron chi connectivity index (χ2n) is 14.6. The van der Waals surface area contributed by atoms with E-state index in [9.17, 15) is 23.6 Å². The van der Waals surface area contributed by atoms with Crippen LogP contribution in [0.25, 0.3) is 22.3 Å². The lowest BCUT2D eigenvalue weighted by atomic mass is 10.0. The average molecular weight is 755 g/mol. The maximum absolute atomic E-state index is 14.7. The number of methoxy groups -OCH3 is 2. The summed E-state index contributed by atoms with van der Waals surface area (Å²) in [5, 5.41) is 5.25. The van der Waals surface area contributed by atoms with Gasteiger partial charge in [-0.15, -0.1) is 0 Å². The second kappa shape index (κ2) is 16.6. The molecule has 0 radical (unpaired) electrons. The zero-order valence-corrected chi connectivity index (χ0v) is 31.8. The molecule has 2 aromatic carbocycles. The molecule has 15 heteroatoms. The first-order valence-electron chi connectivity index (χ1n) is 18.5. The molecule has 2 aromatic heterocycles. The lowest BCUT2D eigenvalue weighted by Gasteiger charge is -2.29. The Labute approximate surface area is 318 Å². The highest BCUT2D eigenvalue weighted by atomic mass is 19.1. The predicted molar refractivity (Wildman–Crippen MR) is 202 cm³/mol. The van der Waals surface area contributed by atoms with Crippen molar-refractivity contribution in [2.24, 2.45) is 11.8 Å². The van der Waals surface area contributed by atoms with Gasteiger partial charge in [-0.2, -0.15) is 0 Å². The molecule has 2 saturated heterocycles. The molecule has 6 rings (SSSR count). The second-order valence-corrected chi connectivity index (χ2v) is 14.6. The minimum Gasteiger partial charge on any atom is -0.453 e. The Hall–Kier alpha value is -5.91. The van der Waals surface area contributed by atoms with Crippen molar-refractivity contribution in [3.63, 3.8) is 0 Å². The Kier molecular flexibility index (Phi) is 11.7. The van der Waals surface area contributed by atoms with Crippen LogP contribution >= 0.6 is 0 Å². The molecule has 14 nitrogen and oxygen atoms in total. The van der Waals surface area contributed by atoms with Crippen molar-refractivity contribution in [1.29, 1.82) is 0 Å². The number of carbonyl (C=O) groups is 4. The van der Waals surface area contributed by atoms with Gasteiger partial charge in [-0.1, -0.05) is 51.7 Å². The van der Waals surface area contributed by atoms with Gasteiger partial charge >= 0.3 is 12.2 Å². The normalized spacial score (nSPS) is 19.3. The number of aromatic amines is 2. The lowest BCUT2D eigenvalue weighted by molar-refractivity contribution is -0.136. The molecule has 4 aromatic rings. The number of benzene rings is 2. The monoisotopic (exact) mass is 754 g/mol. The highest BCUT2D eigenvalue weighted by Gasteiger charge is 2.42. The summed E-state index contributed by atoms with van der Waals surface area (Å²) in [7, 11) is 2.50. The van der Waals surface area contributed by atoms with Crippen molar-refractivity contribution in [2.45, 2.75) is 77.3 Å². The van der Waals surface area contributed by atoms with Gasteiger partial charge in [0, 0.05) is 24.1 Å². The summed E-state index contributed by atoms with van der Waals surface area (Å²) >= 11 is 0. The van der Waals surface area contributed by atoms with Gasteiger partial charge in [0.25, 0.3) is 0 Å². The smallest absolute Gasteiger partial charge is 0.407 e. The summed E-state index contributed by atoms with van der Waals surface area (Å²) in [4.78, 5) is 70.1. The Bertz CT molecular complexity index is 2100. The average Bonchev–Trinajstić information content (AvgIpc) is 4.00. The van der Waals surface area contributed by atoms with Gasteiger partial charge in [-0.25, -0.2) is 23.9 Å². The van der Waals surface area contributed by atoms with E-state index in [4.69, 9.17) is 14.5 Å². The number of H-pyrrole nitrogens is 2. The number of alkyl halides is 1. The van der Waals surface area contributed by atoms with Crippen LogP contribution in [-0.4, -0.2) is 99.3 Å². The summed E-state index contributed by atoms with van der Waals surface area (Å²) < 4.78 is 24.1. The first-order valence-corrected chi connectivity index (χ1v) is 18.5. The summed E-state index contributed by atoms with van der Waals surface area (Å²) in [6.07, 6.45) is 0.736. The van der Waals surface area contributed by atoms with Gasteiger partial charge in [0.05, 0.1) is 55.8 Å². The molecular weight excluding hydrogens is 707 g/mol. The van der Waals surface area contributed by atoms with E-state index in [0.29, 0.717) is 23.9 Å². The number of hydrogen-bond acceptors (Lipinski definition) is 8. The lowest BCUT2D eigenvalue weighted by Crippen LogP contribution is -2.51. The Morgan fingerprint density at radius 2 is 1.45 bits per heavy atom. The third kappa shape index (κ3) is 8.58. The number of aromatic nitrogens is 4. The van der Waals surface area contributed by atoms with Crippen LogP contribution in [0.5, 0.6) is 0 Å². The van der Waals surface area contributed by atoms with Crippen LogP contribution < -0.4 is 10.6 Å². The van der Waals surface area contributed by atoms with Gasteiger partial charge < -0.3 is 39.9 Å². The van der Waals surface area contributed by atoms with E-state index in [-0.39, 0.29) is 36.8 Å². The van der Waals surface area contributed by atoms with Gasteiger partial charge in [0.2, 0.25) is 11.8 Å². The maximum atomic E-state index is 14.7. The van der Waals surface area contributed by atoms with Crippen molar-refractivity contribution in [3.8, 4) is 23.1 Å².